The van der Waals surface area contributed by atoms with E-state index in [1.807, 2.05) is 0 Å². The lowest BCUT2D eigenvalue weighted by Gasteiger charge is -2.34. The van der Waals surface area contributed by atoms with E-state index in [4.69, 9.17) is 0 Å². The predicted octanol–water partition coefficient (Wildman–Crippen LogP) is 3.20. The molecule has 2 nitrogen and oxygen atoms in total. The Morgan fingerprint density at radius 2 is 1.82 bits per heavy atom. The van der Waals surface area contributed by atoms with E-state index in [1.54, 1.807) is 0 Å². The first kappa shape index (κ1) is 15.0. The molecule has 1 rings (SSSR count). The molecular weight excluding hydrogens is 210 g/mol. The number of aliphatic hydroxyl groups excluding tert-OH is 1. The maximum atomic E-state index is 10.1. The molecule has 102 valence electrons. The molecule has 0 aromatic heterocycles. The summed E-state index contributed by atoms with van der Waals surface area (Å²) in [5.41, 5.74) is 0. The Balaban J connectivity index is 2.33. The molecule has 0 heterocycles. The standard InChI is InChI=1S/C15H31NO/c1-5-13(6-2)15(17)10-16-14-9-11(3)7-8-12(14)4/h11-17H,5-10H2,1-4H3. The van der Waals surface area contributed by atoms with Crippen molar-refractivity contribution in [2.45, 2.75) is 71.9 Å². The van der Waals surface area contributed by atoms with E-state index in [0.717, 1.165) is 31.2 Å². The molecule has 17 heavy (non-hydrogen) atoms. The number of rotatable bonds is 6. The Bertz CT molecular complexity index is 203. The third-order valence-electron chi connectivity index (χ3n) is 4.64. The zero-order chi connectivity index (χ0) is 12.8. The van der Waals surface area contributed by atoms with Crippen LogP contribution in [0, 0.1) is 17.8 Å². The minimum atomic E-state index is -0.172. The molecular formula is C15H31NO. The minimum Gasteiger partial charge on any atom is -0.392 e. The van der Waals surface area contributed by atoms with E-state index in [0.29, 0.717) is 12.0 Å². The van der Waals surface area contributed by atoms with Crippen molar-refractivity contribution in [1.29, 1.82) is 0 Å². The number of hydrogen-bond acceptors (Lipinski definition) is 2. The van der Waals surface area contributed by atoms with E-state index in [-0.39, 0.29) is 6.10 Å². The topological polar surface area (TPSA) is 32.3 Å². The lowest BCUT2D eigenvalue weighted by atomic mass is 9.80. The molecule has 0 saturated heterocycles. The molecule has 1 saturated carbocycles. The summed E-state index contributed by atoms with van der Waals surface area (Å²) < 4.78 is 0. The molecule has 0 spiro atoms. The predicted molar refractivity (Wildman–Crippen MR) is 74.0 cm³/mol. The van der Waals surface area contributed by atoms with Crippen LogP contribution < -0.4 is 5.32 Å². The highest BCUT2D eigenvalue weighted by Crippen LogP contribution is 2.28. The molecule has 4 unspecified atom stereocenters. The molecule has 0 bridgehead atoms. The maximum Gasteiger partial charge on any atom is 0.0692 e. The lowest BCUT2D eigenvalue weighted by Crippen LogP contribution is -2.44. The molecule has 0 amide bonds. The quantitative estimate of drug-likeness (QED) is 0.748. The second-order valence-corrected chi connectivity index (χ2v) is 6.05. The zero-order valence-corrected chi connectivity index (χ0v) is 12.1. The van der Waals surface area contributed by atoms with E-state index >= 15 is 0 Å². The molecule has 0 aromatic carbocycles. The average molecular weight is 241 g/mol. The third kappa shape index (κ3) is 4.59. The van der Waals surface area contributed by atoms with Gasteiger partial charge in [0.25, 0.3) is 0 Å². The Hall–Kier alpha value is -0.0800. The van der Waals surface area contributed by atoms with Crippen LogP contribution in [0.3, 0.4) is 0 Å². The number of nitrogens with one attached hydrogen (secondary N) is 1. The molecule has 0 aliphatic heterocycles. The Kier molecular flexibility index (Phi) is 6.50. The second-order valence-electron chi connectivity index (χ2n) is 6.05. The Morgan fingerprint density at radius 1 is 1.18 bits per heavy atom. The van der Waals surface area contributed by atoms with Crippen molar-refractivity contribution >= 4 is 0 Å². The molecule has 0 radical (unpaired) electrons. The van der Waals surface area contributed by atoms with Gasteiger partial charge in [0.1, 0.15) is 0 Å². The summed E-state index contributed by atoms with van der Waals surface area (Å²) >= 11 is 0. The van der Waals surface area contributed by atoms with Gasteiger partial charge >= 0.3 is 0 Å². The van der Waals surface area contributed by atoms with Crippen molar-refractivity contribution in [2.24, 2.45) is 17.8 Å². The van der Waals surface area contributed by atoms with Crippen LogP contribution >= 0.6 is 0 Å². The maximum absolute atomic E-state index is 10.1. The highest BCUT2D eigenvalue weighted by Gasteiger charge is 2.26. The minimum absolute atomic E-state index is 0.172. The zero-order valence-electron chi connectivity index (χ0n) is 12.1. The molecule has 2 N–H and O–H groups in total. The van der Waals surface area contributed by atoms with E-state index in [9.17, 15) is 5.11 Å². The first-order valence-corrected chi connectivity index (χ1v) is 7.49. The summed E-state index contributed by atoms with van der Waals surface area (Å²) in [6.45, 7) is 9.80. The fraction of sp³-hybridized carbons (Fsp3) is 1.00. The second kappa shape index (κ2) is 7.38. The van der Waals surface area contributed by atoms with Gasteiger partial charge in [0.2, 0.25) is 0 Å². The van der Waals surface area contributed by atoms with Crippen molar-refractivity contribution in [3.05, 3.63) is 0 Å². The van der Waals surface area contributed by atoms with Crippen molar-refractivity contribution in [3.63, 3.8) is 0 Å². The molecule has 4 atom stereocenters. The van der Waals surface area contributed by atoms with Crippen LogP contribution in [-0.2, 0) is 0 Å². The number of hydrogen-bond donors (Lipinski definition) is 2. The highest BCUT2D eigenvalue weighted by atomic mass is 16.3. The van der Waals surface area contributed by atoms with Crippen LogP contribution in [0.4, 0.5) is 0 Å². The Labute approximate surface area is 107 Å². The molecule has 1 aliphatic carbocycles. The summed E-state index contributed by atoms with van der Waals surface area (Å²) in [6.07, 6.45) is 5.96. The SMILES string of the molecule is CCC(CC)C(O)CNC1CC(C)CCC1C. The van der Waals surface area contributed by atoms with Crippen molar-refractivity contribution < 1.29 is 5.11 Å². The van der Waals surface area contributed by atoms with Crippen LogP contribution in [-0.4, -0.2) is 23.8 Å². The van der Waals surface area contributed by atoms with Crippen molar-refractivity contribution in [3.8, 4) is 0 Å². The Morgan fingerprint density at radius 3 is 2.41 bits per heavy atom. The number of aliphatic hydroxyl groups is 1. The summed E-state index contributed by atoms with van der Waals surface area (Å²) in [7, 11) is 0. The summed E-state index contributed by atoms with van der Waals surface area (Å²) in [5.74, 6) is 2.06. The fourth-order valence-electron chi connectivity index (χ4n) is 3.09. The summed E-state index contributed by atoms with van der Waals surface area (Å²) in [5, 5.41) is 13.7. The van der Waals surface area contributed by atoms with Crippen molar-refractivity contribution in [1.82, 2.24) is 5.32 Å². The van der Waals surface area contributed by atoms with Crippen LogP contribution in [0.15, 0.2) is 0 Å². The first-order valence-electron chi connectivity index (χ1n) is 7.49. The van der Waals surface area contributed by atoms with Gasteiger partial charge in [-0.1, -0.05) is 47.0 Å². The van der Waals surface area contributed by atoms with Gasteiger partial charge in [0, 0.05) is 12.6 Å². The first-order chi connectivity index (χ1) is 8.08. The van der Waals surface area contributed by atoms with E-state index < -0.39 is 0 Å². The van der Waals surface area contributed by atoms with Crippen LogP contribution in [0.5, 0.6) is 0 Å². The van der Waals surface area contributed by atoms with Gasteiger partial charge in [-0.25, -0.2) is 0 Å². The van der Waals surface area contributed by atoms with Gasteiger partial charge < -0.3 is 10.4 Å². The van der Waals surface area contributed by atoms with E-state index in [2.05, 4.69) is 33.0 Å². The fourth-order valence-corrected chi connectivity index (χ4v) is 3.09. The van der Waals surface area contributed by atoms with Crippen LogP contribution in [0.1, 0.15) is 59.8 Å². The van der Waals surface area contributed by atoms with Crippen molar-refractivity contribution in [2.75, 3.05) is 6.54 Å². The molecule has 2 heteroatoms. The molecule has 1 aliphatic rings. The monoisotopic (exact) mass is 241 g/mol. The van der Waals surface area contributed by atoms with Crippen LogP contribution in [0.2, 0.25) is 0 Å². The van der Waals surface area contributed by atoms with E-state index in [1.165, 1.54) is 19.3 Å². The van der Waals surface area contributed by atoms with Gasteiger partial charge in [0.15, 0.2) is 0 Å². The van der Waals surface area contributed by atoms with Gasteiger partial charge in [-0.2, -0.15) is 0 Å². The highest BCUT2D eigenvalue weighted by molar-refractivity contribution is 4.82. The average Bonchev–Trinajstić information content (AvgIpc) is 2.32. The lowest BCUT2D eigenvalue weighted by molar-refractivity contribution is 0.0904. The summed E-state index contributed by atoms with van der Waals surface area (Å²) in [4.78, 5) is 0. The van der Waals surface area contributed by atoms with Gasteiger partial charge in [0.05, 0.1) is 6.10 Å². The van der Waals surface area contributed by atoms with Crippen LogP contribution in [0.25, 0.3) is 0 Å². The molecule has 1 fully saturated rings. The smallest absolute Gasteiger partial charge is 0.0692 e. The van der Waals surface area contributed by atoms with Gasteiger partial charge in [-0.15, -0.1) is 0 Å². The normalized spacial score (nSPS) is 31.8. The summed E-state index contributed by atoms with van der Waals surface area (Å²) in [6, 6.07) is 0.614. The van der Waals surface area contributed by atoms with Gasteiger partial charge in [-0.3, -0.25) is 0 Å². The molecule has 0 aromatic rings. The van der Waals surface area contributed by atoms with Gasteiger partial charge in [-0.05, 0) is 30.6 Å². The largest absolute Gasteiger partial charge is 0.392 e. The third-order valence-corrected chi connectivity index (χ3v) is 4.64.